The Morgan fingerprint density at radius 2 is 1.86 bits per heavy atom. The molecule has 0 saturated carbocycles. The highest BCUT2D eigenvalue weighted by Crippen LogP contribution is 2.45. The van der Waals surface area contributed by atoms with Gasteiger partial charge in [0.2, 0.25) is 5.91 Å². The molecular weight excluding hydrogens is 485 g/mol. The second-order valence-electron chi connectivity index (χ2n) is 9.36. The number of carbonyl (C=O) groups excluding carboxylic acids is 1. The number of aliphatic hydroxyl groups is 1. The van der Waals surface area contributed by atoms with Gasteiger partial charge in [0.25, 0.3) is 10.0 Å². The van der Waals surface area contributed by atoms with Gasteiger partial charge in [0.05, 0.1) is 22.2 Å². The Kier molecular flexibility index (Phi) is 6.29. The maximum absolute atomic E-state index is 13.4. The van der Waals surface area contributed by atoms with Crippen LogP contribution in [0.2, 0.25) is 0 Å². The number of sulfonamides is 1. The van der Waals surface area contributed by atoms with Crippen LogP contribution in [0.4, 0.5) is 18.9 Å². The van der Waals surface area contributed by atoms with Crippen LogP contribution in [0.1, 0.15) is 50.3 Å². The molecule has 2 aliphatic rings. The van der Waals surface area contributed by atoms with Crippen molar-refractivity contribution in [3.8, 4) is 5.75 Å². The number of alkyl halides is 3. The van der Waals surface area contributed by atoms with E-state index in [0.29, 0.717) is 24.3 Å². The van der Waals surface area contributed by atoms with Crippen LogP contribution in [-0.4, -0.2) is 49.6 Å². The summed E-state index contributed by atoms with van der Waals surface area (Å²) in [6, 6.07) is 7.31. The van der Waals surface area contributed by atoms with Gasteiger partial charge in [0.1, 0.15) is 17.5 Å². The van der Waals surface area contributed by atoms with E-state index in [0.717, 1.165) is 35.3 Å². The Hall–Kier alpha value is -2.79. The van der Waals surface area contributed by atoms with Crippen LogP contribution in [0.3, 0.4) is 0 Å². The quantitative estimate of drug-likeness (QED) is 0.666. The van der Waals surface area contributed by atoms with Crippen molar-refractivity contribution < 1.29 is 36.2 Å². The molecule has 4 rings (SSSR count). The van der Waals surface area contributed by atoms with Gasteiger partial charge in [-0.15, -0.1) is 0 Å². The fraction of sp³-hybridized carbons (Fsp3) is 0.458. The molecule has 1 amide bonds. The maximum Gasteiger partial charge on any atom is 0.416 e. The molecule has 0 bridgehead atoms. The molecule has 1 N–H and O–H groups in total. The van der Waals surface area contributed by atoms with Crippen LogP contribution in [0.25, 0.3) is 0 Å². The fourth-order valence-corrected chi connectivity index (χ4v) is 5.76. The predicted molar refractivity (Wildman–Crippen MR) is 122 cm³/mol. The van der Waals surface area contributed by atoms with Crippen LogP contribution in [0.5, 0.6) is 5.75 Å². The highest BCUT2D eigenvalue weighted by atomic mass is 32.2. The number of hydrogen-bond donors (Lipinski definition) is 1. The zero-order valence-corrected chi connectivity index (χ0v) is 20.4. The van der Waals surface area contributed by atoms with Crippen molar-refractivity contribution in [2.75, 3.05) is 17.9 Å². The first-order valence-electron chi connectivity index (χ1n) is 11.2. The number of aliphatic hydroxyl groups excluding tert-OH is 1. The number of rotatable bonds is 4. The van der Waals surface area contributed by atoms with Crippen molar-refractivity contribution in [1.29, 1.82) is 0 Å². The molecule has 0 spiro atoms. The standard InChI is InChI=1S/C24H27F3N2O5S/c1-23(2)22(31)21(29-12-5-4-9-20(29)30)18-14-17(10-11-19(18)34-23)35(32,33)28(3)16-8-6-7-15(13-16)24(25,26)27/h6-8,10-11,13-14,21-22,31H,4-5,9,12H2,1-3H3/t21-,22+/m0/s1. The van der Waals surface area contributed by atoms with E-state index in [2.05, 4.69) is 0 Å². The number of likely N-dealkylation sites (tertiary alicyclic amines) is 1. The number of halogens is 3. The molecule has 2 heterocycles. The molecule has 0 aromatic heterocycles. The lowest BCUT2D eigenvalue weighted by molar-refractivity contribution is -0.147. The van der Waals surface area contributed by atoms with Gasteiger partial charge in [-0.05, 0) is 63.1 Å². The zero-order valence-electron chi connectivity index (χ0n) is 19.5. The highest BCUT2D eigenvalue weighted by molar-refractivity contribution is 7.92. The molecule has 0 unspecified atom stereocenters. The Morgan fingerprint density at radius 3 is 2.51 bits per heavy atom. The number of nitrogens with zero attached hydrogens (tertiary/aromatic N) is 2. The number of benzene rings is 2. The van der Waals surface area contributed by atoms with Gasteiger partial charge in [-0.3, -0.25) is 9.10 Å². The van der Waals surface area contributed by atoms with Gasteiger partial charge in [-0.25, -0.2) is 8.42 Å². The lowest BCUT2D eigenvalue weighted by atomic mass is 9.84. The largest absolute Gasteiger partial charge is 0.485 e. The second kappa shape index (κ2) is 8.70. The summed E-state index contributed by atoms with van der Waals surface area (Å²) in [4.78, 5) is 14.1. The van der Waals surface area contributed by atoms with Crippen molar-refractivity contribution in [2.24, 2.45) is 0 Å². The lowest BCUT2D eigenvalue weighted by Crippen LogP contribution is -2.55. The Balaban J connectivity index is 1.77. The molecule has 1 saturated heterocycles. The zero-order chi connectivity index (χ0) is 25.8. The topological polar surface area (TPSA) is 87.2 Å². The van der Waals surface area contributed by atoms with E-state index in [1.54, 1.807) is 18.7 Å². The Morgan fingerprint density at radius 1 is 1.14 bits per heavy atom. The number of fused-ring (bicyclic) bond motifs is 1. The van der Waals surface area contributed by atoms with Crippen LogP contribution in [0.15, 0.2) is 47.4 Å². The predicted octanol–water partition coefficient (Wildman–Crippen LogP) is 4.12. The summed E-state index contributed by atoms with van der Waals surface area (Å²) < 4.78 is 73.0. The van der Waals surface area contributed by atoms with Crippen molar-refractivity contribution in [3.05, 3.63) is 53.6 Å². The second-order valence-corrected chi connectivity index (χ2v) is 11.3. The number of amides is 1. The molecule has 2 aromatic carbocycles. The number of hydrogen-bond acceptors (Lipinski definition) is 5. The van der Waals surface area contributed by atoms with Crippen LogP contribution >= 0.6 is 0 Å². The summed E-state index contributed by atoms with van der Waals surface area (Å²) in [5.41, 5.74) is -1.82. The van der Waals surface area contributed by atoms with E-state index in [-0.39, 0.29) is 16.5 Å². The highest BCUT2D eigenvalue weighted by Gasteiger charge is 2.47. The van der Waals surface area contributed by atoms with Gasteiger partial charge in [-0.1, -0.05) is 6.07 Å². The first-order valence-corrected chi connectivity index (χ1v) is 12.6. The summed E-state index contributed by atoms with van der Waals surface area (Å²) >= 11 is 0. The molecular formula is C24H27F3N2O5S. The number of piperidine rings is 1. The van der Waals surface area contributed by atoms with Gasteiger partial charge >= 0.3 is 6.18 Å². The van der Waals surface area contributed by atoms with Crippen molar-refractivity contribution in [2.45, 2.75) is 61.9 Å². The third-order valence-electron chi connectivity index (χ3n) is 6.58. The normalized spacial score (nSPS) is 22.4. The van der Waals surface area contributed by atoms with Gasteiger partial charge in [-0.2, -0.15) is 13.2 Å². The fourth-order valence-electron chi connectivity index (χ4n) is 4.54. The molecule has 2 atom stereocenters. The van der Waals surface area contributed by atoms with Gasteiger partial charge in [0.15, 0.2) is 0 Å². The minimum absolute atomic E-state index is 0.140. The van der Waals surface area contributed by atoms with Crippen molar-refractivity contribution in [3.63, 3.8) is 0 Å². The molecule has 11 heteroatoms. The molecule has 190 valence electrons. The van der Waals surface area contributed by atoms with Crippen LogP contribution < -0.4 is 9.04 Å². The summed E-state index contributed by atoms with van der Waals surface area (Å²) in [6.45, 7) is 3.79. The lowest BCUT2D eigenvalue weighted by Gasteiger charge is -2.47. The maximum atomic E-state index is 13.4. The molecule has 35 heavy (non-hydrogen) atoms. The van der Waals surface area contributed by atoms with Crippen LogP contribution in [0, 0.1) is 0 Å². The van der Waals surface area contributed by atoms with Gasteiger partial charge in [0, 0.05) is 25.6 Å². The average Bonchev–Trinajstić information content (AvgIpc) is 2.79. The molecule has 2 aliphatic heterocycles. The number of carbonyl (C=O) groups is 1. The smallest absolute Gasteiger partial charge is 0.416 e. The van der Waals surface area contributed by atoms with Crippen molar-refractivity contribution in [1.82, 2.24) is 4.90 Å². The Labute approximate surface area is 202 Å². The summed E-state index contributed by atoms with van der Waals surface area (Å²) in [5.74, 6) is 0.197. The van der Waals surface area contributed by atoms with E-state index < -0.39 is 39.5 Å². The average molecular weight is 513 g/mol. The summed E-state index contributed by atoms with van der Waals surface area (Å²) in [6.07, 6.45) is -3.93. The minimum atomic E-state index is -4.62. The Bertz CT molecular complexity index is 1250. The monoisotopic (exact) mass is 512 g/mol. The van der Waals surface area contributed by atoms with E-state index in [4.69, 9.17) is 4.74 Å². The molecule has 0 radical (unpaired) electrons. The third kappa shape index (κ3) is 4.58. The first-order chi connectivity index (χ1) is 16.2. The van der Waals surface area contributed by atoms with Crippen molar-refractivity contribution >= 4 is 21.6 Å². The van der Waals surface area contributed by atoms with Gasteiger partial charge < -0.3 is 14.7 Å². The van der Waals surface area contributed by atoms with Crippen LogP contribution in [-0.2, 0) is 21.0 Å². The SMILES string of the molecule is CN(c1cccc(C(F)(F)F)c1)S(=O)(=O)c1ccc2c(c1)[C@H](N1CCCCC1=O)[C@@H](O)C(C)(C)O2. The summed E-state index contributed by atoms with van der Waals surface area (Å²) in [5, 5.41) is 11.1. The summed E-state index contributed by atoms with van der Waals surface area (Å²) in [7, 11) is -3.11. The third-order valence-corrected chi connectivity index (χ3v) is 8.36. The molecule has 7 nitrogen and oxygen atoms in total. The van der Waals surface area contributed by atoms with E-state index >= 15 is 0 Å². The first kappa shape index (κ1) is 25.3. The van der Waals surface area contributed by atoms with E-state index in [9.17, 15) is 31.5 Å². The molecule has 2 aromatic rings. The van der Waals surface area contributed by atoms with E-state index in [1.165, 1.54) is 31.3 Å². The molecule has 0 aliphatic carbocycles. The number of ether oxygens (including phenoxy) is 1. The molecule has 1 fully saturated rings. The number of anilines is 1. The van der Waals surface area contributed by atoms with E-state index in [1.807, 2.05) is 0 Å². The minimum Gasteiger partial charge on any atom is -0.485 e.